The van der Waals surface area contributed by atoms with E-state index in [0.717, 1.165) is 31.9 Å². The van der Waals surface area contributed by atoms with Crippen LogP contribution in [0.15, 0.2) is 54.6 Å². The summed E-state index contributed by atoms with van der Waals surface area (Å²) >= 11 is 0. The van der Waals surface area contributed by atoms with Gasteiger partial charge in [-0.15, -0.1) is 0 Å². The van der Waals surface area contributed by atoms with E-state index in [-0.39, 0.29) is 11.8 Å². The smallest absolute Gasteiger partial charge is 0.239 e. The number of hydrogen-bond acceptors (Lipinski definition) is 4. The van der Waals surface area contributed by atoms with Gasteiger partial charge in [-0.2, -0.15) is 0 Å². The van der Waals surface area contributed by atoms with Gasteiger partial charge in [-0.25, -0.2) is 0 Å². The molecule has 0 spiro atoms. The van der Waals surface area contributed by atoms with Gasteiger partial charge < -0.3 is 20.4 Å². The Bertz CT molecular complexity index is 810. The topological polar surface area (TPSA) is 64.7 Å². The molecule has 0 unspecified atom stereocenters. The molecule has 28 heavy (non-hydrogen) atoms. The summed E-state index contributed by atoms with van der Waals surface area (Å²) in [7, 11) is 2.13. The lowest BCUT2D eigenvalue weighted by Gasteiger charge is -2.34. The number of para-hydroxylation sites is 1. The summed E-state index contributed by atoms with van der Waals surface area (Å²) < 4.78 is 0. The van der Waals surface area contributed by atoms with Crippen LogP contribution in [0.4, 0.5) is 17.1 Å². The van der Waals surface area contributed by atoms with Crippen molar-refractivity contribution in [3.05, 3.63) is 54.6 Å². The number of benzene rings is 2. The van der Waals surface area contributed by atoms with Crippen molar-refractivity contribution in [1.29, 1.82) is 0 Å². The van der Waals surface area contributed by atoms with E-state index in [1.807, 2.05) is 42.5 Å². The molecule has 1 aliphatic heterocycles. The van der Waals surface area contributed by atoms with Crippen molar-refractivity contribution < 1.29 is 9.59 Å². The number of carbonyl (C=O) groups is 2. The fourth-order valence-electron chi connectivity index (χ4n) is 3.02. The Labute approximate surface area is 166 Å². The molecule has 6 nitrogen and oxygen atoms in total. The van der Waals surface area contributed by atoms with E-state index >= 15 is 0 Å². The summed E-state index contributed by atoms with van der Waals surface area (Å²) in [6.07, 6.45) is 0. The van der Waals surface area contributed by atoms with Crippen LogP contribution < -0.4 is 15.5 Å². The second-order valence-electron chi connectivity index (χ2n) is 7.74. The first-order valence-corrected chi connectivity index (χ1v) is 9.58. The molecular weight excluding hydrogens is 352 g/mol. The standard InChI is InChI=1S/C22H28N4O2/c1-22(2,20(27)23-17-7-5-4-6-8-17)21(28)24-18-9-11-19(12-10-18)26-15-13-25(3)14-16-26/h4-12H,13-16H2,1-3H3,(H,23,27)(H,24,28). The third-order valence-electron chi connectivity index (χ3n) is 5.16. The second-order valence-corrected chi connectivity index (χ2v) is 7.74. The Kier molecular flexibility index (Phi) is 5.99. The summed E-state index contributed by atoms with van der Waals surface area (Å²) in [5.41, 5.74) is 1.30. The minimum Gasteiger partial charge on any atom is -0.369 e. The van der Waals surface area contributed by atoms with Gasteiger partial charge in [0.1, 0.15) is 5.41 Å². The molecule has 0 aromatic heterocycles. The van der Waals surface area contributed by atoms with Crippen LogP contribution in [-0.2, 0) is 9.59 Å². The van der Waals surface area contributed by atoms with Crippen LogP contribution in [0.5, 0.6) is 0 Å². The van der Waals surface area contributed by atoms with Crippen LogP contribution in [0.1, 0.15) is 13.8 Å². The molecule has 0 atom stereocenters. The van der Waals surface area contributed by atoms with Gasteiger partial charge in [-0.1, -0.05) is 18.2 Å². The average molecular weight is 380 g/mol. The SMILES string of the molecule is CN1CCN(c2ccc(NC(=O)C(C)(C)C(=O)Nc3ccccc3)cc2)CC1. The number of piperazine rings is 1. The van der Waals surface area contributed by atoms with Gasteiger partial charge in [0.2, 0.25) is 11.8 Å². The third kappa shape index (κ3) is 4.70. The number of rotatable bonds is 5. The Morgan fingerprint density at radius 3 is 1.82 bits per heavy atom. The van der Waals surface area contributed by atoms with Crippen LogP contribution in [0.2, 0.25) is 0 Å². The number of nitrogens with one attached hydrogen (secondary N) is 2. The zero-order chi connectivity index (χ0) is 20.1. The first-order valence-electron chi connectivity index (χ1n) is 9.58. The van der Waals surface area contributed by atoms with Crippen molar-refractivity contribution in [2.45, 2.75) is 13.8 Å². The average Bonchev–Trinajstić information content (AvgIpc) is 2.70. The first-order chi connectivity index (χ1) is 13.4. The molecule has 1 saturated heterocycles. The molecule has 1 aliphatic rings. The first kappa shape index (κ1) is 19.9. The number of anilines is 3. The Balaban J connectivity index is 1.60. The normalized spacial score (nSPS) is 15.2. The summed E-state index contributed by atoms with van der Waals surface area (Å²) in [5.74, 6) is -0.682. The van der Waals surface area contributed by atoms with Crippen LogP contribution in [0.25, 0.3) is 0 Å². The predicted molar refractivity (Wildman–Crippen MR) is 114 cm³/mol. The molecule has 0 bridgehead atoms. The molecule has 3 rings (SSSR count). The number of nitrogens with zero attached hydrogens (tertiary/aromatic N) is 2. The maximum absolute atomic E-state index is 12.7. The summed E-state index contributed by atoms with van der Waals surface area (Å²) in [6, 6.07) is 16.9. The van der Waals surface area contributed by atoms with Gasteiger partial charge in [0, 0.05) is 43.2 Å². The lowest BCUT2D eigenvalue weighted by Crippen LogP contribution is -2.44. The Hall–Kier alpha value is -2.86. The molecular formula is C22H28N4O2. The monoisotopic (exact) mass is 380 g/mol. The fourth-order valence-corrected chi connectivity index (χ4v) is 3.02. The molecule has 2 amide bonds. The van der Waals surface area contributed by atoms with E-state index in [1.165, 1.54) is 0 Å². The molecule has 0 aliphatic carbocycles. The molecule has 1 fully saturated rings. The van der Waals surface area contributed by atoms with E-state index in [2.05, 4.69) is 27.5 Å². The zero-order valence-corrected chi connectivity index (χ0v) is 16.7. The maximum atomic E-state index is 12.7. The van der Waals surface area contributed by atoms with Gasteiger partial charge in [-0.3, -0.25) is 9.59 Å². The molecule has 2 N–H and O–H groups in total. The molecule has 6 heteroatoms. The zero-order valence-electron chi connectivity index (χ0n) is 16.7. The summed E-state index contributed by atoms with van der Waals surface area (Å²) in [5, 5.41) is 5.65. The van der Waals surface area contributed by atoms with E-state index < -0.39 is 5.41 Å². The summed E-state index contributed by atoms with van der Waals surface area (Å²) in [4.78, 5) is 29.9. The van der Waals surface area contributed by atoms with Crippen LogP contribution in [0.3, 0.4) is 0 Å². The molecule has 2 aromatic carbocycles. The minimum absolute atomic E-state index is 0.340. The van der Waals surface area contributed by atoms with Crippen molar-refractivity contribution in [3.63, 3.8) is 0 Å². The number of amides is 2. The highest BCUT2D eigenvalue weighted by Gasteiger charge is 2.36. The molecule has 2 aromatic rings. The Morgan fingerprint density at radius 1 is 0.786 bits per heavy atom. The van der Waals surface area contributed by atoms with Crippen LogP contribution in [-0.4, -0.2) is 49.9 Å². The quantitative estimate of drug-likeness (QED) is 0.783. The highest BCUT2D eigenvalue weighted by molar-refractivity contribution is 6.14. The van der Waals surface area contributed by atoms with Crippen molar-refractivity contribution in [2.24, 2.45) is 5.41 Å². The molecule has 0 radical (unpaired) electrons. The number of likely N-dealkylation sites (N-methyl/N-ethyl adjacent to an activating group) is 1. The lowest BCUT2D eigenvalue weighted by molar-refractivity contribution is -0.135. The van der Waals surface area contributed by atoms with Gasteiger partial charge in [-0.05, 0) is 57.3 Å². The van der Waals surface area contributed by atoms with Crippen molar-refractivity contribution >= 4 is 28.9 Å². The number of carbonyl (C=O) groups excluding carboxylic acids is 2. The molecule has 0 saturated carbocycles. The van der Waals surface area contributed by atoms with Gasteiger partial charge in [0.25, 0.3) is 0 Å². The van der Waals surface area contributed by atoms with E-state index in [0.29, 0.717) is 11.4 Å². The van der Waals surface area contributed by atoms with Crippen molar-refractivity contribution in [2.75, 3.05) is 48.8 Å². The van der Waals surface area contributed by atoms with E-state index in [4.69, 9.17) is 0 Å². The van der Waals surface area contributed by atoms with Crippen LogP contribution >= 0.6 is 0 Å². The van der Waals surface area contributed by atoms with Crippen molar-refractivity contribution in [1.82, 2.24) is 4.90 Å². The highest BCUT2D eigenvalue weighted by atomic mass is 16.2. The second kappa shape index (κ2) is 8.44. The minimum atomic E-state index is -1.20. The highest BCUT2D eigenvalue weighted by Crippen LogP contribution is 2.23. The van der Waals surface area contributed by atoms with E-state index in [1.54, 1.807) is 26.0 Å². The molecule has 148 valence electrons. The summed E-state index contributed by atoms with van der Waals surface area (Å²) in [6.45, 7) is 7.33. The predicted octanol–water partition coefficient (Wildman–Crippen LogP) is 3.04. The van der Waals surface area contributed by atoms with E-state index in [9.17, 15) is 9.59 Å². The largest absolute Gasteiger partial charge is 0.369 e. The van der Waals surface area contributed by atoms with Gasteiger partial charge in [0.15, 0.2) is 0 Å². The fraction of sp³-hybridized carbons (Fsp3) is 0.364. The third-order valence-corrected chi connectivity index (χ3v) is 5.16. The van der Waals surface area contributed by atoms with Gasteiger partial charge >= 0.3 is 0 Å². The maximum Gasteiger partial charge on any atom is 0.239 e. The van der Waals surface area contributed by atoms with Crippen LogP contribution in [0, 0.1) is 5.41 Å². The lowest BCUT2D eigenvalue weighted by atomic mass is 9.90. The number of hydrogen-bond donors (Lipinski definition) is 2. The van der Waals surface area contributed by atoms with Crippen molar-refractivity contribution in [3.8, 4) is 0 Å². The molecule has 1 heterocycles. The van der Waals surface area contributed by atoms with Gasteiger partial charge in [0.05, 0.1) is 0 Å². The Morgan fingerprint density at radius 2 is 1.29 bits per heavy atom.